The molecule has 36 heavy (non-hydrogen) atoms. The Hall–Kier alpha value is -1.55. The summed E-state index contributed by atoms with van der Waals surface area (Å²) in [4.78, 5) is 14.3. The number of cyclic esters (lactones) is 1. The summed E-state index contributed by atoms with van der Waals surface area (Å²) in [6, 6.07) is 4.15. The topological polar surface area (TPSA) is 97.3 Å². The van der Waals surface area contributed by atoms with Gasteiger partial charge >= 0.3 is 5.97 Å². The van der Waals surface area contributed by atoms with Crippen LogP contribution in [0.4, 0.5) is 0 Å². The molecule has 0 amide bonds. The molecule has 0 unspecified atom stereocenters. The average Bonchev–Trinajstić information content (AvgIpc) is 3.42. The van der Waals surface area contributed by atoms with E-state index in [9.17, 15) is 15.0 Å². The Morgan fingerprint density at radius 1 is 1.33 bits per heavy atom. The highest BCUT2D eigenvalue weighted by molar-refractivity contribution is 7.09. The van der Waals surface area contributed by atoms with Gasteiger partial charge in [-0.3, -0.25) is 0 Å². The number of hydrogen-bond acceptors (Lipinski definition) is 8. The summed E-state index contributed by atoms with van der Waals surface area (Å²) in [6.45, 7) is 8.49. The van der Waals surface area contributed by atoms with Gasteiger partial charge in [0.15, 0.2) is 6.10 Å². The van der Waals surface area contributed by atoms with Crippen LogP contribution in [0.3, 0.4) is 0 Å². The van der Waals surface area contributed by atoms with Crippen molar-refractivity contribution in [1.29, 1.82) is 0 Å². The lowest BCUT2D eigenvalue weighted by Crippen LogP contribution is -2.59. The Morgan fingerprint density at radius 3 is 2.78 bits per heavy atom. The zero-order chi connectivity index (χ0) is 25.8. The van der Waals surface area contributed by atoms with Crippen LogP contribution in [-0.4, -0.2) is 65.5 Å². The molecule has 1 aromatic rings. The van der Waals surface area contributed by atoms with Gasteiger partial charge in [0.2, 0.25) is 0 Å². The Labute approximate surface area is 217 Å². The first kappa shape index (κ1) is 26.1. The van der Waals surface area contributed by atoms with Crippen LogP contribution in [0.5, 0.6) is 0 Å². The minimum atomic E-state index is -0.836. The molecule has 1 spiro atoms. The Kier molecular flexibility index (Phi) is 7.22. The summed E-state index contributed by atoms with van der Waals surface area (Å²) in [5, 5.41) is 28.0. The molecule has 2 aliphatic heterocycles. The first-order valence-electron chi connectivity index (χ1n) is 13.1. The molecule has 2 fully saturated rings. The fraction of sp³-hybridized carbons (Fsp3) is 0.679. The van der Waals surface area contributed by atoms with Gasteiger partial charge in [0.25, 0.3) is 0 Å². The van der Waals surface area contributed by atoms with E-state index in [2.05, 4.69) is 54.9 Å². The van der Waals surface area contributed by atoms with Gasteiger partial charge in [-0.05, 0) is 37.3 Å². The van der Waals surface area contributed by atoms with Gasteiger partial charge in [-0.15, -0.1) is 11.3 Å². The van der Waals surface area contributed by atoms with Crippen molar-refractivity contribution >= 4 is 17.3 Å². The van der Waals surface area contributed by atoms with Crippen LogP contribution in [0, 0.1) is 29.6 Å². The number of ether oxygens (including phenoxy) is 3. The predicted octanol–water partition coefficient (Wildman–Crippen LogP) is 3.07. The summed E-state index contributed by atoms with van der Waals surface area (Å²) >= 11 is 1.72. The number of aliphatic hydroxyl groups excluding tert-OH is 2. The normalized spacial score (nSPS) is 46.4. The number of carbonyl (C=O) groups is 1. The van der Waals surface area contributed by atoms with Gasteiger partial charge in [0.1, 0.15) is 11.7 Å². The molecular formula is C28H39NO6S. The number of nitrogens with one attached hydrogen (secondary N) is 1. The molecule has 8 heteroatoms. The second-order valence-corrected chi connectivity index (χ2v) is 12.1. The molecule has 3 N–H and O–H groups in total. The molecule has 3 heterocycles. The van der Waals surface area contributed by atoms with Crippen molar-refractivity contribution in [2.24, 2.45) is 29.6 Å². The Balaban J connectivity index is 1.56. The van der Waals surface area contributed by atoms with Gasteiger partial charge in [0.05, 0.1) is 18.3 Å². The second kappa shape index (κ2) is 9.97. The standard InChI is InChI=1S/C28H39NO6S/c1-14-11-15(2)28-18(12-21(33-5)27(32)34-25(14)17(4)30)8-9-20-22(28)24(31)16(3)23(26(20)35-28)29-13-19-7-6-10-36-19/h6-11,14,16-18,20-26,29-31H,12-13H2,1-5H3/b15-11+/t14-,16+,17-,18-,20-,21+,22+,23+,24-,25+,26-,28+/m1/s1. The van der Waals surface area contributed by atoms with E-state index in [1.54, 1.807) is 18.3 Å². The highest BCUT2D eigenvalue weighted by Crippen LogP contribution is 2.60. The first-order valence-corrected chi connectivity index (χ1v) is 14.0. The van der Waals surface area contributed by atoms with Crippen LogP contribution < -0.4 is 5.32 Å². The first-order chi connectivity index (χ1) is 17.2. The molecule has 5 rings (SSSR count). The number of hydrogen-bond donors (Lipinski definition) is 3. The van der Waals surface area contributed by atoms with Crippen molar-refractivity contribution in [2.45, 2.75) is 82.8 Å². The van der Waals surface area contributed by atoms with Crippen molar-refractivity contribution < 1.29 is 29.2 Å². The van der Waals surface area contributed by atoms with E-state index in [0.717, 1.165) is 12.1 Å². The van der Waals surface area contributed by atoms with Crippen LogP contribution in [0.1, 0.15) is 39.0 Å². The van der Waals surface area contributed by atoms with E-state index in [0.29, 0.717) is 6.42 Å². The predicted molar refractivity (Wildman–Crippen MR) is 137 cm³/mol. The molecular weight excluding hydrogens is 478 g/mol. The maximum Gasteiger partial charge on any atom is 0.335 e. The number of rotatable bonds is 5. The van der Waals surface area contributed by atoms with E-state index in [1.165, 1.54) is 12.0 Å². The lowest BCUT2D eigenvalue weighted by molar-refractivity contribution is -0.172. The fourth-order valence-corrected chi connectivity index (χ4v) is 7.96. The number of methoxy groups -OCH3 is 1. The highest BCUT2D eigenvalue weighted by Gasteiger charge is 2.68. The smallest absolute Gasteiger partial charge is 0.335 e. The van der Waals surface area contributed by atoms with Crippen LogP contribution in [0.15, 0.2) is 41.3 Å². The molecule has 1 saturated carbocycles. The molecule has 7 nitrogen and oxygen atoms in total. The SMILES string of the molecule is CO[C@H]1C[C@H]2C=C[C@H]3[C@H]4O[C@]2(/C(C)=C/[C@@H](C)[C@@H]([C@@H](C)O)OC1=O)[C@@H]3[C@H](O)[C@@H](C)[C@@H]4NCc1cccs1. The van der Waals surface area contributed by atoms with E-state index in [4.69, 9.17) is 14.2 Å². The Bertz CT molecular complexity index is 1010. The zero-order valence-electron chi connectivity index (χ0n) is 21.7. The van der Waals surface area contributed by atoms with Crippen molar-refractivity contribution in [3.8, 4) is 0 Å². The second-order valence-electron chi connectivity index (χ2n) is 11.1. The van der Waals surface area contributed by atoms with Gasteiger partial charge in [0, 0.05) is 54.2 Å². The van der Waals surface area contributed by atoms with E-state index in [1.807, 2.05) is 6.92 Å². The monoisotopic (exact) mass is 517 g/mol. The molecule has 12 atom stereocenters. The molecule has 198 valence electrons. The quantitative estimate of drug-likeness (QED) is 0.408. The summed E-state index contributed by atoms with van der Waals surface area (Å²) in [7, 11) is 1.51. The number of carbonyl (C=O) groups excluding carboxylic acids is 1. The third-order valence-corrected chi connectivity index (χ3v) is 9.92. The summed E-state index contributed by atoms with van der Waals surface area (Å²) in [6.07, 6.45) is 3.80. The average molecular weight is 518 g/mol. The lowest BCUT2D eigenvalue weighted by Gasteiger charge is -2.49. The third kappa shape index (κ3) is 4.10. The fourth-order valence-electron chi connectivity index (χ4n) is 7.30. The molecule has 2 aliphatic carbocycles. The van der Waals surface area contributed by atoms with Crippen molar-refractivity contribution in [3.63, 3.8) is 0 Å². The summed E-state index contributed by atoms with van der Waals surface area (Å²) < 4.78 is 18.5. The number of thiophene rings is 1. The largest absolute Gasteiger partial charge is 0.457 e. The molecule has 4 aliphatic rings. The van der Waals surface area contributed by atoms with Crippen molar-refractivity contribution in [3.05, 3.63) is 46.2 Å². The maximum absolute atomic E-state index is 13.1. The van der Waals surface area contributed by atoms with Crippen LogP contribution in [-0.2, 0) is 25.5 Å². The molecule has 0 radical (unpaired) electrons. The Morgan fingerprint density at radius 2 is 2.11 bits per heavy atom. The van der Waals surface area contributed by atoms with Gasteiger partial charge < -0.3 is 29.7 Å². The minimum absolute atomic E-state index is 0.00299. The van der Waals surface area contributed by atoms with E-state index in [-0.39, 0.29) is 41.7 Å². The summed E-state index contributed by atoms with van der Waals surface area (Å²) in [5.74, 6) is -0.943. The van der Waals surface area contributed by atoms with Crippen molar-refractivity contribution in [2.75, 3.05) is 7.11 Å². The summed E-state index contributed by atoms with van der Waals surface area (Å²) in [5.41, 5.74) is 0.258. The maximum atomic E-state index is 13.1. The molecule has 1 saturated heterocycles. The zero-order valence-corrected chi connectivity index (χ0v) is 22.5. The molecule has 4 bridgehead atoms. The minimum Gasteiger partial charge on any atom is -0.457 e. The highest BCUT2D eigenvalue weighted by atomic mass is 32.1. The molecule has 1 aromatic heterocycles. The van der Waals surface area contributed by atoms with Gasteiger partial charge in [-0.1, -0.05) is 38.1 Å². The van der Waals surface area contributed by atoms with Crippen LogP contribution in [0.2, 0.25) is 0 Å². The van der Waals surface area contributed by atoms with Crippen LogP contribution >= 0.6 is 11.3 Å². The van der Waals surface area contributed by atoms with E-state index >= 15 is 0 Å². The van der Waals surface area contributed by atoms with Gasteiger partial charge in [-0.25, -0.2) is 4.79 Å². The third-order valence-electron chi connectivity index (χ3n) is 9.05. The van der Waals surface area contributed by atoms with Crippen LogP contribution in [0.25, 0.3) is 0 Å². The van der Waals surface area contributed by atoms with Crippen molar-refractivity contribution in [1.82, 2.24) is 5.32 Å². The molecule has 0 aromatic carbocycles. The number of aliphatic hydroxyl groups is 2. The van der Waals surface area contributed by atoms with Gasteiger partial charge in [-0.2, -0.15) is 0 Å². The lowest BCUT2D eigenvalue weighted by atomic mass is 9.57. The van der Waals surface area contributed by atoms with E-state index < -0.39 is 36.0 Å². The number of esters is 1.